The summed E-state index contributed by atoms with van der Waals surface area (Å²) >= 11 is 0. The molecule has 2 aromatic carbocycles. The van der Waals surface area contributed by atoms with E-state index in [1.165, 1.54) is 75.3 Å². The Hall–Kier alpha value is -2.95. The molecule has 1 aliphatic rings. The number of ether oxygens (including phenoxy) is 2. The van der Waals surface area contributed by atoms with E-state index in [0.717, 1.165) is 59.5 Å². The monoisotopic (exact) mass is 590 g/mol. The van der Waals surface area contributed by atoms with Gasteiger partial charge in [-0.3, -0.25) is 4.79 Å². The molecule has 0 unspecified atom stereocenters. The summed E-state index contributed by atoms with van der Waals surface area (Å²) in [5, 5.41) is 10.1. The zero-order chi connectivity index (χ0) is 31.3. The fourth-order valence-electron chi connectivity index (χ4n) is 6.69. The van der Waals surface area contributed by atoms with Gasteiger partial charge in [-0.1, -0.05) is 72.6 Å². The summed E-state index contributed by atoms with van der Waals surface area (Å²) in [5.41, 5.74) is 4.11. The number of phenolic OH excluding ortho intramolecular Hbond substituents is 1. The minimum atomic E-state index is -0.260. The number of phenols is 1. The molecule has 4 rings (SSSR count). The van der Waals surface area contributed by atoms with Gasteiger partial charge in [0.1, 0.15) is 34.7 Å². The van der Waals surface area contributed by atoms with Crippen LogP contribution in [0.1, 0.15) is 121 Å². The van der Waals surface area contributed by atoms with E-state index in [9.17, 15) is 9.90 Å². The van der Waals surface area contributed by atoms with Gasteiger partial charge in [-0.2, -0.15) is 0 Å². The van der Waals surface area contributed by atoms with E-state index in [4.69, 9.17) is 13.9 Å². The van der Waals surface area contributed by atoms with E-state index < -0.39 is 0 Å². The van der Waals surface area contributed by atoms with Gasteiger partial charge in [0, 0.05) is 11.6 Å². The van der Waals surface area contributed by atoms with E-state index >= 15 is 0 Å². The average Bonchev–Trinajstić information content (AvgIpc) is 2.95. The Kier molecular flexibility index (Phi) is 10.9. The van der Waals surface area contributed by atoms with Crippen LogP contribution < -0.4 is 14.9 Å². The van der Waals surface area contributed by atoms with Crippen molar-refractivity contribution in [2.45, 2.75) is 132 Å². The number of rotatable bonds is 14. The molecule has 3 atom stereocenters. The van der Waals surface area contributed by atoms with Crippen LogP contribution in [0.3, 0.4) is 0 Å². The molecule has 0 spiro atoms. The van der Waals surface area contributed by atoms with Crippen LogP contribution in [0.2, 0.25) is 0 Å². The van der Waals surface area contributed by atoms with Gasteiger partial charge in [-0.25, -0.2) is 0 Å². The number of aromatic hydroxyl groups is 1. The lowest BCUT2D eigenvalue weighted by Crippen LogP contribution is -2.37. The van der Waals surface area contributed by atoms with Crippen molar-refractivity contribution in [2.24, 2.45) is 17.8 Å². The Morgan fingerprint density at radius 3 is 2.23 bits per heavy atom. The normalized spacial score (nSPS) is 18.0. The Morgan fingerprint density at radius 2 is 1.56 bits per heavy atom. The van der Waals surface area contributed by atoms with Crippen molar-refractivity contribution in [3.05, 3.63) is 56.9 Å². The van der Waals surface area contributed by atoms with Crippen LogP contribution in [-0.4, -0.2) is 10.7 Å². The van der Waals surface area contributed by atoms with E-state index in [1.54, 1.807) is 6.07 Å². The zero-order valence-corrected chi connectivity index (χ0v) is 27.9. The fraction of sp³-hybridized carbons (Fsp3) is 0.605. The summed E-state index contributed by atoms with van der Waals surface area (Å²) in [6.07, 6.45) is 14.9. The molecule has 0 fully saturated rings. The van der Waals surface area contributed by atoms with Crippen molar-refractivity contribution in [1.29, 1.82) is 0 Å². The van der Waals surface area contributed by atoms with Crippen molar-refractivity contribution in [3.8, 4) is 23.0 Å². The van der Waals surface area contributed by atoms with Crippen molar-refractivity contribution < 1.29 is 19.0 Å². The van der Waals surface area contributed by atoms with Gasteiger partial charge < -0.3 is 19.0 Å². The summed E-state index contributed by atoms with van der Waals surface area (Å²) < 4.78 is 18.7. The first-order chi connectivity index (χ1) is 20.4. The molecule has 5 nitrogen and oxygen atoms in total. The summed E-state index contributed by atoms with van der Waals surface area (Å²) in [6.45, 7) is 17.9. The van der Waals surface area contributed by atoms with Crippen LogP contribution in [0.5, 0.6) is 23.0 Å². The smallest absolute Gasteiger partial charge is 0.235 e. The zero-order valence-electron chi connectivity index (χ0n) is 27.9. The highest BCUT2D eigenvalue weighted by Gasteiger charge is 2.34. The number of fused-ring (bicyclic) bond motifs is 2. The first kappa shape index (κ1) is 33.0. The molecule has 2 heterocycles. The van der Waals surface area contributed by atoms with Gasteiger partial charge in [0.25, 0.3) is 0 Å². The summed E-state index contributed by atoms with van der Waals surface area (Å²) in [5.74, 6) is 4.29. The third-order valence-electron chi connectivity index (χ3n) is 9.78. The maximum Gasteiger partial charge on any atom is 0.235 e. The predicted octanol–water partition coefficient (Wildman–Crippen LogP) is 10.7. The second kappa shape index (κ2) is 14.2. The molecule has 0 saturated heterocycles. The lowest BCUT2D eigenvalue weighted by atomic mass is 9.83. The Balaban J connectivity index is 1.35. The van der Waals surface area contributed by atoms with E-state index in [0.29, 0.717) is 16.7 Å². The van der Waals surface area contributed by atoms with E-state index in [1.807, 2.05) is 6.92 Å². The van der Waals surface area contributed by atoms with Crippen LogP contribution in [-0.2, 0) is 6.42 Å². The number of hydrogen-bond acceptors (Lipinski definition) is 5. The van der Waals surface area contributed by atoms with Crippen molar-refractivity contribution in [2.75, 3.05) is 0 Å². The maximum absolute atomic E-state index is 13.1. The van der Waals surface area contributed by atoms with Crippen LogP contribution >= 0.6 is 0 Å². The molecule has 5 heteroatoms. The second-order valence-corrected chi connectivity index (χ2v) is 14.1. The predicted molar refractivity (Wildman–Crippen MR) is 177 cm³/mol. The van der Waals surface area contributed by atoms with Crippen molar-refractivity contribution >= 4 is 11.0 Å². The lowest BCUT2D eigenvalue weighted by Gasteiger charge is -2.38. The first-order valence-electron chi connectivity index (χ1n) is 16.6. The summed E-state index contributed by atoms with van der Waals surface area (Å²) in [4.78, 5) is 13.1. The largest absolute Gasteiger partial charge is 0.508 e. The first-order valence-corrected chi connectivity index (χ1v) is 16.6. The third kappa shape index (κ3) is 8.16. The molecule has 1 aliphatic heterocycles. The molecule has 3 aromatic rings. The molecule has 236 valence electrons. The van der Waals surface area contributed by atoms with Gasteiger partial charge in [0.2, 0.25) is 11.2 Å². The lowest BCUT2D eigenvalue weighted by molar-refractivity contribution is 0.0512. The molecule has 0 radical (unpaired) electrons. The maximum atomic E-state index is 13.1. The molecule has 0 amide bonds. The Labute approximate surface area is 259 Å². The standard InChI is InChI=1S/C38H54O5/c1-24(2)12-9-13-25(3)14-10-15-26(4)16-11-20-38(8)21-19-31-29(7)36(27(5)28(6)37(31)43-38)42-34-23-41-33-22-30(39)17-18-32(33)35(34)40/h17-18,22-26,39H,9-16,19-21H2,1-8H3/t25-,26-,38-/m1/s1. The molecule has 0 saturated carbocycles. The van der Waals surface area contributed by atoms with Gasteiger partial charge in [-0.15, -0.1) is 0 Å². The minimum absolute atomic E-state index is 0.0516. The van der Waals surface area contributed by atoms with Crippen LogP contribution in [0.15, 0.2) is 33.7 Å². The molecule has 1 N–H and O–H groups in total. The highest BCUT2D eigenvalue weighted by atomic mass is 16.5. The Morgan fingerprint density at radius 1 is 0.907 bits per heavy atom. The molecule has 0 bridgehead atoms. The highest BCUT2D eigenvalue weighted by molar-refractivity contribution is 5.79. The summed E-state index contributed by atoms with van der Waals surface area (Å²) in [6, 6.07) is 4.48. The van der Waals surface area contributed by atoms with Gasteiger partial charge in [0.15, 0.2) is 0 Å². The summed E-state index contributed by atoms with van der Waals surface area (Å²) in [7, 11) is 0. The molecule has 1 aromatic heterocycles. The van der Waals surface area contributed by atoms with Crippen LogP contribution in [0.4, 0.5) is 0 Å². The van der Waals surface area contributed by atoms with E-state index in [-0.39, 0.29) is 22.5 Å². The van der Waals surface area contributed by atoms with Gasteiger partial charge in [-0.05, 0) is 100.0 Å². The van der Waals surface area contributed by atoms with E-state index in [2.05, 4.69) is 48.5 Å². The minimum Gasteiger partial charge on any atom is -0.508 e. The number of benzene rings is 2. The van der Waals surface area contributed by atoms with Crippen LogP contribution in [0, 0.1) is 38.5 Å². The quantitative estimate of drug-likeness (QED) is 0.202. The SMILES string of the molecule is Cc1c(C)c2c(c(C)c1Oc1coc3cc(O)ccc3c1=O)CC[C@@](C)(CCC[C@H](C)CCC[C@H](C)CCCC(C)C)O2. The topological polar surface area (TPSA) is 68.9 Å². The average molecular weight is 591 g/mol. The molecular weight excluding hydrogens is 536 g/mol. The van der Waals surface area contributed by atoms with Gasteiger partial charge >= 0.3 is 0 Å². The molecule has 43 heavy (non-hydrogen) atoms. The third-order valence-corrected chi connectivity index (χ3v) is 9.78. The Bertz CT molecular complexity index is 1450. The fourth-order valence-corrected chi connectivity index (χ4v) is 6.69. The second-order valence-electron chi connectivity index (χ2n) is 14.1. The van der Waals surface area contributed by atoms with Crippen LogP contribution in [0.25, 0.3) is 11.0 Å². The highest BCUT2D eigenvalue weighted by Crippen LogP contribution is 2.46. The van der Waals surface area contributed by atoms with Crippen molar-refractivity contribution in [3.63, 3.8) is 0 Å². The molecule has 0 aliphatic carbocycles. The van der Waals surface area contributed by atoms with Crippen molar-refractivity contribution in [1.82, 2.24) is 0 Å². The molecular formula is C38H54O5. The van der Waals surface area contributed by atoms with Gasteiger partial charge in [0.05, 0.1) is 5.39 Å². The number of hydrogen-bond donors (Lipinski definition) is 1.